The standard InChI is InChI=1S/C27H17Cl3N2O3S2/c28-16-5-1-14(2-6-16)13-31-26-23(37-27(31)35)20(15-3-7-17(29)8-4-15)21-22(36-26)25(34)32(24(21)33)19-11-9-18(30)10-12-19/h1-12,20-22H,13H2. The fraction of sp³-hybridized carbons (Fsp3) is 0.148. The van der Waals surface area contributed by atoms with E-state index in [9.17, 15) is 14.4 Å². The quantitative estimate of drug-likeness (QED) is 0.249. The lowest BCUT2D eigenvalue weighted by Gasteiger charge is -2.30. The molecule has 2 amide bonds. The Morgan fingerprint density at radius 1 is 0.730 bits per heavy atom. The molecule has 0 bridgehead atoms. The number of nitrogens with zero attached hydrogens (tertiary/aromatic N) is 2. The van der Waals surface area contributed by atoms with Crippen LogP contribution in [0, 0.1) is 5.92 Å². The summed E-state index contributed by atoms with van der Waals surface area (Å²) in [4.78, 5) is 42.7. The summed E-state index contributed by atoms with van der Waals surface area (Å²) in [6.07, 6.45) is 0. The summed E-state index contributed by atoms with van der Waals surface area (Å²) >= 11 is 20.7. The van der Waals surface area contributed by atoms with Crippen molar-refractivity contribution in [3.63, 3.8) is 0 Å². The van der Waals surface area contributed by atoms with Gasteiger partial charge in [-0.25, -0.2) is 4.90 Å². The van der Waals surface area contributed by atoms with Crippen LogP contribution in [0.15, 0.2) is 82.6 Å². The molecule has 3 aromatic carbocycles. The largest absolute Gasteiger partial charge is 0.308 e. The maximum Gasteiger partial charge on any atom is 0.308 e. The van der Waals surface area contributed by atoms with Gasteiger partial charge in [0.25, 0.3) is 0 Å². The second-order valence-electron chi connectivity index (χ2n) is 8.83. The van der Waals surface area contributed by atoms with E-state index >= 15 is 0 Å². The van der Waals surface area contributed by atoms with Gasteiger partial charge in [-0.05, 0) is 59.7 Å². The van der Waals surface area contributed by atoms with Gasteiger partial charge >= 0.3 is 4.87 Å². The lowest BCUT2D eigenvalue weighted by molar-refractivity contribution is -0.122. The van der Waals surface area contributed by atoms with Crippen LogP contribution in [0.3, 0.4) is 0 Å². The number of thiazole rings is 1. The van der Waals surface area contributed by atoms with Gasteiger partial charge in [-0.2, -0.15) is 0 Å². The van der Waals surface area contributed by atoms with Crippen LogP contribution >= 0.6 is 57.9 Å². The topological polar surface area (TPSA) is 59.4 Å². The highest BCUT2D eigenvalue weighted by atomic mass is 35.5. The minimum absolute atomic E-state index is 0.138. The number of halogens is 3. The predicted octanol–water partition coefficient (Wildman–Crippen LogP) is 6.71. The third-order valence-electron chi connectivity index (χ3n) is 6.62. The van der Waals surface area contributed by atoms with Gasteiger partial charge in [0.05, 0.1) is 23.2 Å². The Balaban J connectivity index is 1.48. The van der Waals surface area contributed by atoms with Gasteiger partial charge in [0, 0.05) is 25.9 Å². The fourth-order valence-corrected chi connectivity index (χ4v) is 8.05. The van der Waals surface area contributed by atoms with E-state index in [1.54, 1.807) is 53.1 Å². The molecule has 0 radical (unpaired) electrons. The van der Waals surface area contributed by atoms with Gasteiger partial charge in [0.2, 0.25) is 11.8 Å². The second-order valence-corrected chi connectivity index (χ2v) is 12.3. The summed E-state index contributed by atoms with van der Waals surface area (Å²) in [6.45, 7) is 0.336. The molecule has 37 heavy (non-hydrogen) atoms. The number of anilines is 1. The van der Waals surface area contributed by atoms with Gasteiger partial charge in [-0.3, -0.25) is 19.0 Å². The third kappa shape index (κ3) is 4.33. The van der Waals surface area contributed by atoms with E-state index in [0.717, 1.165) is 27.3 Å². The number of hydrogen-bond acceptors (Lipinski definition) is 5. The Bertz CT molecular complexity index is 1580. The van der Waals surface area contributed by atoms with E-state index in [0.29, 0.717) is 32.3 Å². The molecule has 0 saturated carbocycles. The zero-order valence-electron chi connectivity index (χ0n) is 18.9. The average molecular weight is 588 g/mol. The van der Waals surface area contributed by atoms with Crippen LogP contribution in [-0.4, -0.2) is 21.6 Å². The summed E-state index contributed by atoms with van der Waals surface area (Å²) < 4.78 is 1.69. The molecule has 10 heteroatoms. The zero-order chi connectivity index (χ0) is 25.8. The Labute approximate surface area is 235 Å². The van der Waals surface area contributed by atoms with Crippen molar-refractivity contribution in [1.29, 1.82) is 0 Å². The van der Waals surface area contributed by atoms with E-state index < -0.39 is 17.1 Å². The normalized spacial score (nSPS) is 20.7. The van der Waals surface area contributed by atoms with Crippen LogP contribution in [0.25, 0.3) is 0 Å². The maximum absolute atomic E-state index is 13.9. The molecule has 186 valence electrons. The molecule has 6 rings (SSSR count). The number of rotatable bonds is 4. The van der Waals surface area contributed by atoms with Gasteiger partial charge in [-0.15, -0.1) is 0 Å². The maximum atomic E-state index is 13.9. The van der Waals surface area contributed by atoms with Gasteiger partial charge in [-0.1, -0.05) is 82.2 Å². The first-order chi connectivity index (χ1) is 17.8. The Morgan fingerprint density at radius 3 is 1.92 bits per heavy atom. The molecule has 4 aromatic rings. The van der Waals surface area contributed by atoms with Gasteiger partial charge in [0.1, 0.15) is 5.25 Å². The zero-order valence-corrected chi connectivity index (χ0v) is 22.8. The number of aromatic nitrogens is 1. The summed E-state index contributed by atoms with van der Waals surface area (Å²) in [6, 6.07) is 21.2. The first-order valence-corrected chi connectivity index (χ1v) is 14.2. The van der Waals surface area contributed by atoms with Crippen LogP contribution in [0.4, 0.5) is 5.69 Å². The minimum Gasteiger partial charge on any atom is -0.289 e. The molecular weight excluding hydrogens is 571 g/mol. The number of benzene rings is 3. The first kappa shape index (κ1) is 24.8. The van der Waals surface area contributed by atoms with Crippen LogP contribution in [0.5, 0.6) is 0 Å². The molecule has 1 aromatic heterocycles. The monoisotopic (exact) mass is 586 g/mol. The molecule has 1 saturated heterocycles. The van der Waals surface area contributed by atoms with Gasteiger partial charge < -0.3 is 0 Å². The Kier molecular flexibility index (Phi) is 6.45. The van der Waals surface area contributed by atoms with Crippen molar-refractivity contribution in [1.82, 2.24) is 4.57 Å². The average Bonchev–Trinajstić information content (AvgIpc) is 3.33. The number of carbonyl (C=O) groups is 2. The molecule has 3 atom stereocenters. The molecular formula is C27H17Cl3N2O3S2. The predicted molar refractivity (Wildman–Crippen MR) is 150 cm³/mol. The highest BCUT2D eigenvalue weighted by Crippen LogP contribution is 2.54. The SMILES string of the molecule is O=C1C2Sc3c(sc(=O)n3Cc3ccc(Cl)cc3)C(c3ccc(Cl)cc3)C2C(=O)N1c1ccc(Cl)cc1. The first-order valence-electron chi connectivity index (χ1n) is 11.4. The molecule has 2 aliphatic heterocycles. The van der Waals surface area contributed by atoms with Crippen molar-refractivity contribution in [2.75, 3.05) is 4.90 Å². The van der Waals surface area contributed by atoms with Crippen LogP contribution < -0.4 is 9.77 Å². The fourth-order valence-electron chi connectivity index (χ4n) is 4.90. The van der Waals surface area contributed by atoms with Crippen LogP contribution in [0.1, 0.15) is 21.9 Å². The van der Waals surface area contributed by atoms with Crippen molar-refractivity contribution in [3.8, 4) is 0 Å². The van der Waals surface area contributed by atoms with Crippen LogP contribution in [-0.2, 0) is 16.1 Å². The van der Waals surface area contributed by atoms with E-state index in [1.807, 2.05) is 24.3 Å². The lowest BCUT2D eigenvalue weighted by atomic mass is 9.83. The summed E-state index contributed by atoms with van der Waals surface area (Å²) in [5.74, 6) is -1.72. The highest BCUT2D eigenvalue weighted by molar-refractivity contribution is 8.00. The number of fused-ring (bicyclic) bond motifs is 2. The highest BCUT2D eigenvalue weighted by Gasteiger charge is 2.56. The minimum atomic E-state index is -0.679. The number of amides is 2. The number of hydrogen-bond donors (Lipinski definition) is 0. The van der Waals surface area contributed by atoms with Crippen LogP contribution in [0.2, 0.25) is 15.1 Å². The smallest absolute Gasteiger partial charge is 0.289 e. The molecule has 0 N–H and O–H groups in total. The van der Waals surface area contributed by atoms with Crippen molar-refractivity contribution in [3.05, 3.63) is 114 Å². The molecule has 3 heterocycles. The third-order valence-corrected chi connectivity index (χ3v) is 9.98. The Morgan fingerprint density at radius 2 is 1.30 bits per heavy atom. The summed E-state index contributed by atoms with van der Waals surface area (Å²) in [5, 5.41) is 1.73. The summed E-state index contributed by atoms with van der Waals surface area (Å²) in [7, 11) is 0. The Hall–Kier alpha value is -2.55. The molecule has 0 aliphatic carbocycles. The van der Waals surface area contributed by atoms with E-state index in [2.05, 4.69) is 0 Å². The van der Waals surface area contributed by atoms with E-state index in [-0.39, 0.29) is 16.7 Å². The van der Waals surface area contributed by atoms with E-state index in [1.165, 1.54) is 16.7 Å². The second kappa shape index (κ2) is 9.64. The summed E-state index contributed by atoms with van der Waals surface area (Å²) in [5.41, 5.74) is 2.22. The molecule has 0 spiro atoms. The number of thioether (sulfide) groups is 1. The number of carbonyl (C=O) groups excluding carboxylic acids is 2. The van der Waals surface area contributed by atoms with Crippen molar-refractivity contribution < 1.29 is 9.59 Å². The number of imide groups is 1. The van der Waals surface area contributed by atoms with E-state index in [4.69, 9.17) is 34.8 Å². The molecule has 5 nitrogen and oxygen atoms in total. The molecule has 3 unspecified atom stereocenters. The molecule has 2 aliphatic rings. The van der Waals surface area contributed by atoms with Gasteiger partial charge in [0.15, 0.2) is 0 Å². The van der Waals surface area contributed by atoms with Crippen molar-refractivity contribution in [2.24, 2.45) is 5.92 Å². The van der Waals surface area contributed by atoms with Crippen molar-refractivity contribution >= 4 is 75.4 Å². The molecule has 1 fully saturated rings. The lowest BCUT2D eigenvalue weighted by Crippen LogP contribution is -2.32. The van der Waals surface area contributed by atoms with Crippen molar-refractivity contribution in [2.45, 2.75) is 22.7 Å².